The third-order valence-corrected chi connectivity index (χ3v) is 15.0. The molecule has 2 atom stereocenters. The normalized spacial score (nSPS) is 14.6. The Morgan fingerprint density at radius 3 is 1.80 bits per heavy atom. The van der Waals surface area contributed by atoms with Crippen molar-refractivity contribution in [2.75, 3.05) is 9.80 Å². The van der Waals surface area contributed by atoms with E-state index < -0.39 is 0 Å². The standard InChI is InChI=1S/C70H52N4/c1-4-49-21-10-12-26-58(49)64(5-2)71(56-42-44-69-62(46-56)60-28-14-17-31-67(60)73(69)53-24-7-6-8-25-53)54-38-34-50(35-39-54)51-36-40-55(41-37-51)72(66-33-19-23-52-22-11-13-27-59(52)66)57-43-45-70-63(47-57)61-29-15-18-32-68(61)74(70)65-30-16-9-20-48(65)3/h1,5-48,65H,2-3H3/b64-5+. The first-order valence-corrected chi connectivity index (χ1v) is 25.5. The van der Waals surface area contributed by atoms with E-state index in [0.717, 1.165) is 67.6 Å². The highest BCUT2D eigenvalue weighted by molar-refractivity contribution is 6.12. The second-order valence-electron chi connectivity index (χ2n) is 19.2. The minimum atomic E-state index is 0.228. The number of fused-ring (bicyclic) bond motifs is 7. The molecule has 74 heavy (non-hydrogen) atoms. The lowest BCUT2D eigenvalue weighted by Gasteiger charge is -2.29. The highest BCUT2D eigenvalue weighted by Crippen LogP contribution is 2.45. The second-order valence-corrected chi connectivity index (χ2v) is 19.2. The smallest absolute Gasteiger partial charge is 0.0585 e. The summed E-state index contributed by atoms with van der Waals surface area (Å²) >= 11 is 0. The van der Waals surface area contributed by atoms with Crippen LogP contribution in [0.1, 0.15) is 31.0 Å². The minimum absolute atomic E-state index is 0.228. The van der Waals surface area contributed by atoms with Gasteiger partial charge in [-0.15, -0.1) is 6.42 Å². The van der Waals surface area contributed by atoms with Gasteiger partial charge in [0.1, 0.15) is 0 Å². The largest absolute Gasteiger partial charge is 0.333 e. The highest BCUT2D eigenvalue weighted by Gasteiger charge is 2.25. The molecular weight excluding hydrogens is 897 g/mol. The number of rotatable bonds is 10. The van der Waals surface area contributed by atoms with Crippen molar-refractivity contribution in [2.24, 2.45) is 5.92 Å². The molecule has 10 aromatic carbocycles. The molecule has 2 aromatic heterocycles. The summed E-state index contributed by atoms with van der Waals surface area (Å²) in [6.07, 6.45) is 17.4. The molecule has 0 saturated heterocycles. The minimum Gasteiger partial charge on any atom is -0.333 e. The third kappa shape index (κ3) is 7.49. The van der Waals surface area contributed by atoms with E-state index in [1.165, 1.54) is 48.9 Å². The molecule has 4 nitrogen and oxygen atoms in total. The van der Waals surface area contributed by atoms with Gasteiger partial charge in [0.2, 0.25) is 0 Å². The van der Waals surface area contributed by atoms with Crippen molar-refractivity contribution in [1.82, 2.24) is 9.13 Å². The molecule has 0 bridgehead atoms. The fourth-order valence-electron chi connectivity index (χ4n) is 11.5. The number of hydrogen-bond donors (Lipinski definition) is 0. The Hall–Kier alpha value is -9.56. The molecule has 0 amide bonds. The summed E-state index contributed by atoms with van der Waals surface area (Å²) in [6.45, 7) is 4.40. The molecule has 0 N–H and O–H groups in total. The molecule has 2 unspecified atom stereocenters. The van der Waals surface area contributed by atoms with Crippen LogP contribution in [-0.2, 0) is 0 Å². The van der Waals surface area contributed by atoms with Crippen molar-refractivity contribution >= 4 is 88.5 Å². The van der Waals surface area contributed by atoms with E-state index in [-0.39, 0.29) is 6.04 Å². The number of hydrogen-bond acceptors (Lipinski definition) is 2. The summed E-state index contributed by atoms with van der Waals surface area (Å²) in [5, 5.41) is 7.27. The maximum Gasteiger partial charge on any atom is 0.0585 e. The molecule has 4 heteroatoms. The van der Waals surface area contributed by atoms with E-state index in [0.29, 0.717) is 5.92 Å². The van der Waals surface area contributed by atoms with Gasteiger partial charge in [0.25, 0.3) is 0 Å². The Bertz CT molecular complexity index is 4230. The van der Waals surface area contributed by atoms with Crippen LogP contribution in [0.4, 0.5) is 28.4 Å². The number of nitrogens with zero attached hydrogens (tertiary/aromatic N) is 4. The van der Waals surface area contributed by atoms with Crippen molar-refractivity contribution in [3.05, 3.63) is 272 Å². The lowest BCUT2D eigenvalue weighted by Crippen LogP contribution is -2.16. The van der Waals surface area contributed by atoms with Crippen LogP contribution in [0.3, 0.4) is 0 Å². The monoisotopic (exact) mass is 948 g/mol. The zero-order chi connectivity index (χ0) is 49.7. The van der Waals surface area contributed by atoms with Crippen LogP contribution in [0.2, 0.25) is 0 Å². The van der Waals surface area contributed by atoms with Crippen molar-refractivity contribution in [1.29, 1.82) is 0 Å². The van der Waals surface area contributed by atoms with Gasteiger partial charge in [0.15, 0.2) is 0 Å². The number of benzene rings is 10. The zero-order valence-electron chi connectivity index (χ0n) is 41.3. The molecular formula is C70H52N4. The molecule has 1 aliphatic carbocycles. The molecule has 0 aliphatic heterocycles. The molecule has 0 spiro atoms. The maximum absolute atomic E-state index is 6.19. The Labute approximate surface area is 432 Å². The highest BCUT2D eigenvalue weighted by atomic mass is 15.2. The van der Waals surface area contributed by atoms with E-state index >= 15 is 0 Å². The predicted molar refractivity (Wildman–Crippen MR) is 314 cm³/mol. The Kier molecular flexibility index (Phi) is 11.1. The fourth-order valence-corrected chi connectivity index (χ4v) is 11.5. The summed E-state index contributed by atoms with van der Waals surface area (Å²) in [5.41, 5.74) is 16.4. The third-order valence-electron chi connectivity index (χ3n) is 15.0. The van der Waals surface area contributed by atoms with E-state index in [9.17, 15) is 0 Å². The second kappa shape index (κ2) is 18.6. The molecule has 352 valence electrons. The first kappa shape index (κ1) is 44.4. The molecule has 2 heterocycles. The number of anilines is 5. The fraction of sp³-hybridized carbons (Fsp3) is 0.0571. The summed E-state index contributed by atoms with van der Waals surface area (Å²) in [4.78, 5) is 4.77. The van der Waals surface area contributed by atoms with Gasteiger partial charge < -0.3 is 18.9 Å². The van der Waals surface area contributed by atoms with E-state index in [1.54, 1.807) is 0 Å². The van der Waals surface area contributed by atoms with Gasteiger partial charge in [-0.25, -0.2) is 0 Å². The molecule has 0 fully saturated rings. The van der Waals surface area contributed by atoms with Crippen molar-refractivity contribution in [3.63, 3.8) is 0 Å². The van der Waals surface area contributed by atoms with Gasteiger partial charge in [0, 0.05) is 77.5 Å². The quantitative estimate of drug-likeness (QED) is 0.127. The summed E-state index contributed by atoms with van der Waals surface area (Å²) in [6, 6.07) is 83.7. The lowest BCUT2D eigenvalue weighted by atomic mass is 9.96. The maximum atomic E-state index is 6.19. The van der Waals surface area contributed by atoms with E-state index in [4.69, 9.17) is 6.42 Å². The molecule has 0 radical (unpaired) electrons. The van der Waals surface area contributed by atoms with Crippen LogP contribution in [0.5, 0.6) is 0 Å². The molecule has 13 rings (SSSR count). The summed E-state index contributed by atoms with van der Waals surface area (Å²) < 4.78 is 4.89. The Morgan fingerprint density at radius 1 is 0.486 bits per heavy atom. The van der Waals surface area contributed by atoms with Crippen LogP contribution in [0.25, 0.3) is 76.9 Å². The van der Waals surface area contributed by atoms with Crippen LogP contribution in [0, 0.1) is 18.3 Å². The van der Waals surface area contributed by atoms with E-state index in [1.807, 2.05) is 12.1 Å². The van der Waals surface area contributed by atoms with Crippen LogP contribution >= 0.6 is 0 Å². The molecule has 12 aromatic rings. The van der Waals surface area contributed by atoms with Gasteiger partial charge in [0.05, 0.1) is 28.5 Å². The zero-order valence-corrected chi connectivity index (χ0v) is 41.3. The Morgan fingerprint density at radius 2 is 1.04 bits per heavy atom. The van der Waals surface area contributed by atoms with Gasteiger partial charge in [-0.05, 0) is 126 Å². The molecule has 0 saturated carbocycles. The predicted octanol–water partition coefficient (Wildman–Crippen LogP) is 18.7. The van der Waals surface area contributed by atoms with Crippen LogP contribution in [-0.4, -0.2) is 9.13 Å². The van der Waals surface area contributed by atoms with Crippen molar-refractivity contribution < 1.29 is 0 Å². The summed E-state index contributed by atoms with van der Waals surface area (Å²) in [5.74, 6) is 3.34. The average molecular weight is 949 g/mol. The molecule has 1 aliphatic rings. The average Bonchev–Trinajstić information content (AvgIpc) is 3.98. The number of terminal acetylenes is 1. The van der Waals surface area contributed by atoms with Gasteiger partial charge in [-0.2, -0.15) is 0 Å². The van der Waals surface area contributed by atoms with Crippen LogP contribution in [0.15, 0.2) is 261 Å². The van der Waals surface area contributed by atoms with Crippen LogP contribution < -0.4 is 9.80 Å². The number of allylic oxidation sites excluding steroid dienone is 5. The number of para-hydroxylation sites is 3. The lowest BCUT2D eigenvalue weighted by molar-refractivity contribution is 0.510. The summed E-state index contributed by atoms with van der Waals surface area (Å²) in [7, 11) is 0. The number of aromatic nitrogens is 2. The van der Waals surface area contributed by atoms with Crippen molar-refractivity contribution in [3.8, 4) is 29.2 Å². The van der Waals surface area contributed by atoms with Gasteiger partial charge in [-0.3, -0.25) is 0 Å². The van der Waals surface area contributed by atoms with Gasteiger partial charge in [-0.1, -0.05) is 177 Å². The Balaban J connectivity index is 0.904. The SMILES string of the molecule is C#Cc1ccccc1/C(=C\C)N(c1ccc(-c2ccc(N(c3ccc4c(c3)c3ccccc3n4C3C=CC=CC3C)c3cccc4ccccc34)cc2)cc1)c1ccc2c(c1)c1ccccc1n2-c1ccccc1. The first-order valence-electron chi connectivity index (χ1n) is 25.5. The topological polar surface area (TPSA) is 16.3 Å². The van der Waals surface area contributed by atoms with Crippen molar-refractivity contribution in [2.45, 2.75) is 19.9 Å². The van der Waals surface area contributed by atoms with E-state index in [2.05, 4.69) is 287 Å². The first-order chi connectivity index (χ1) is 36.6. The van der Waals surface area contributed by atoms with Gasteiger partial charge >= 0.3 is 0 Å².